The second kappa shape index (κ2) is 5.26. The molecular formula is C16H10BrNO3. The minimum absolute atomic E-state index is 0.247. The highest BCUT2D eigenvalue weighted by Crippen LogP contribution is 2.23. The summed E-state index contributed by atoms with van der Waals surface area (Å²) < 4.78 is 0.774. The number of amides is 2. The summed E-state index contributed by atoms with van der Waals surface area (Å²) in [6.07, 6.45) is 0. The van der Waals surface area contributed by atoms with Crippen molar-refractivity contribution in [2.24, 2.45) is 0 Å². The lowest BCUT2D eigenvalue weighted by Gasteiger charge is -2.12. The first kappa shape index (κ1) is 13.7. The number of Topliss-reactive ketones (excluding diaryl/α,β-unsaturated/α-hetero) is 1. The Hall–Kier alpha value is -2.27. The molecule has 5 heteroatoms. The SMILES string of the molecule is O=C(CN1C(=O)c2ccccc2C1=O)c1cccc(Br)c1. The molecule has 0 bridgehead atoms. The van der Waals surface area contributed by atoms with Gasteiger partial charge in [-0.1, -0.05) is 40.2 Å². The van der Waals surface area contributed by atoms with Gasteiger partial charge in [-0.25, -0.2) is 0 Å². The van der Waals surface area contributed by atoms with Crippen LogP contribution in [0.5, 0.6) is 0 Å². The van der Waals surface area contributed by atoms with E-state index in [1.54, 1.807) is 48.5 Å². The number of carbonyl (C=O) groups excluding carboxylic acids is 3. The number of hydrogen-bond acceptors (Lipinski definition) is 3. The fraction of sp³-hybridized carbons (Fsp3) is 0.0625. The van der Waals surface area contributed by atoms with Gasteiger partial charge in [-0.3, -0.25) is 19.3 Å². The van der Waals surface area contributed by atoms with Gasteiger partial charge in [-0.2, -0.15) is 0 Å². The third-order valence-corrected chi connectivity index (χ3v) is 3.82. The van der Waals surface area contributed by atoms with Crippen LogP contribution in [0.4, 0.5) is 0 Å². The predicted molar refractivity (Wildman–Crippen MR) is 80.3 cm³/mol. The molecule has 0 saturated heterocycles. The molecule has 0 saturated carbocycles. The van der Waals surface area contributed by atoms with Crippen LogP contribution in [-0.4, -0.2) is 29.0 Å². The van der Waals surface area contributed by atoms with Gasteiger partial charge < -0.3 is 0 Å². The van der Waals surface area contributed by atoms with E-state index in [9.17, 15) is 14.4 Å². The number of fused-ring (bicyclic) bond motifs is 1. The van der Waals surface area contributed by atoms with Gasteiger partial charge in [0.15, 0.2) is 5.78 Å². The maximum Gasteiger partial charge on any atom is 0.261 e. The summed E-state index contributed by atoms with van der Waals surface area (Å²) in [6, 6.07) is 13.5. The van der Waals surface area contributed by atoms with Crippen LogP contribution in [0.3, 0.4) is 0 Å². The highest BCUT2D eigenvalue weighted by atomic mass is 79.9. The zero-order valence-corrected chi connectivity index (χ0v) is 12.5. The number of carbonyl (C=O) groups is 3. The molecule has 0 aromatic heterocycles. The van der Waals surface area contributed by atoms with E-state index in [2.05, 4.69) is 15.9 Å². The molecule has 104 valence electrons. The van der Waals surface area contributed by atoms with E-state index in [4.69, 9.17) is 0 Å². The van der Waals surface area contributed by atoms with Crippen LogP contribution in [0, 0.1) is 0 Å². The van der Waals surface area contributed by atoms with Gasteiger partial charge in [0.25, 0.3) is 11.8 Å². The molecule has 1 heterocycles. The molecule has 0 unspecified atom stereocenters. The topological polar surface area (TPSA) is 54.5 Å². The van der Waals surface area contributed by atoms with E-state index in [1.165, 1.54) is 0 Å². The fourth-order valence-electron chi connectivity index (χ4n) is 2.28. The van der Waals surface area contributed by atoms with Crippen LogP contribution >= 0.6 is 15.9 Å². The molecule has 0 spiro atoms. The van der Waals surface area contributed by atoms with Crippen molar-refractivity contribution < 1.29 is 14.4 Å². The van der Waals surface area contributed by atoms with Crippen LogP contribution in [0.1, 0.15) is 31.1 Å². The lowest BCUT2D eigenvalue weighted by molar-refractivity contribution is 0.0624. The molecule has 0 fully saturated rings. The molecule has 1 aliphatic heterocycles. The summed E-state index contributed by atoms with van der Waals surface area (Å²) >= 11 is 3.29. The standard InChI is InChI=1S/C16H10BrNO3/c17-11-5-3-4-10(8-11)14(19)9-18-15(20)12-6-1-2-7-13(12)16(18)21/h1-8H,9H2. The van der Waals surface area contributed by atoms with Crippen molar-refractivity contribution in [3.8, 4) is 0 Å². The van der Waals surface area contributed by atoms with Gasteiger partial charge >= 0.3 is 0 Å². The monoisotopic (exact) mass is 343 g/mol. The van der Waals surface area contributed by atoms with E-state index in [0.29, 0.717) is 16.7 Å². The number of halogens is 1. The summed E-state index contributed by atoms with van der Waals surface area (Å²) in [7, 11) is 0. The van der Waals surface area contributed by atoms with Crippen LogP contribution in [0.2, 0.25) is 0 Å². The molecule has 3 rings (SSSR count). The molecule has 0 radical (unpaired) electrons. The molecule has 1 aliphatic rings. The van der Waals surface area contributed by atoms with Crippen molar-refractivity contribution in [2.75, 3.05) is 6.54 Å². The van der Waals surface area contributed by atoms with Crippen molar-refractivity contribution in [3.63, 3.8) is 0 Å². The van der Waals surface area contributed by atoms with E-state index in [-0.39, 0.29) is 12.3 Å². The van der Waals surface area contributed by atoms with Crippen LogP contribution in [-0.2, 0) is 0 Å². The third-order valence-electron chi connectivity index (χ3n) is 3.33. The molecule has 0 N–H and O–H groups in total. The molecule has 0 aliphatic carbocycles. The first-order valence-corrected chi connectivity index (χ1v) is 7.11. The van der Waals surface area contributed by atoms with E-state index in [1.807, 2.05) is 0 Å². The Bertz CT molecular complexity index is 735. The minimum atomic E-state index is -0.418. The molecule has 4 nitrogen and oxygen atoms in total. The number of hydrogen-bond donors (Lipinski definition) is 0. The highest BCUT2D eigenvalue weighted by Gasteiger charge is 2.36. The van der Waals surface area contributed by atoms with Crippen molar-refractivity contribution in [2.45, 2.75) is 0 Å². The first-order chi connectivity index (χ1) is 10.1. The smallest absolute Gasteiger partial charge is 0.261 e. The van der Waals surface area contributed by atoms with Crippen LogP contribution < -0.4 is 0 Å². The number of benzene rings is 2. The first-order valence-electron chi connectivity index (χ1n) is 6.32. The molecule has 2 amide bonds. The van der Waals surface area contributed by atoms with Crippen molar-refractivity contribution in [3.05, 3.63) is 69.7 Å². The molecule has 21 heavy (non-hydrogen) atoms. The van der Waals surface area contributed by atoms with Crippen molar-refractivity contribution >= 4 is 33.5 Å². The number of rotatable bonds is 3. The number of imide groups is 1. The number of nitrogens with zero attached hydrogens (tertiary/aromatic N) is 1. The Morgan fingerprint density at radius 2 is 1.57 bits per heavy atom. The van der Waals surface area contributed by atoms with Gasteiger partial charge in [0.05, 0.1) is 17.7 Å². The Labute approximate surface area is 129 Å². The maximum absolute atomic E-state index is 12.2. The van der Waals surface area contributed by atoms with E-state index in [0.717, 1.165) is 9.37 Å². The minimum Gasteiger partial charge on any atom is -0.292 e. The predicted octanol–water partition coefficient (Wildman–Crippen LogP) is 2.93. The molecule has 2 aromatic rings. The average molecular weight is 344 g/mol. The van der Waals surface area contributed by atoms with Gasteiger partial charge in [-0.05, 0) is 24.3 Å². The number of ketones is 1. The van der Waals surface area contributed by atoms with Gasteiger partial charge in [-0.15, -0.1) is 0 Å². The lowest BCUT2D eigenvalue weighted by atomic mass is 10.1. The summed E-state index contributed by atoms with van der Waals surface area (Å²) in [6.45, 7) is -0.247. The Morgan fingerprint density at radius 3 is 2.14 bits per heavy atom. The molecule has 0 atom stereocenters. The largest absolute Gasteiger partial charge is 0.292 e. The second-order valence-electron chi connectivity index (χ2n) is 4.68. The quantitative estimate of drug-likeness (QED) is 0.636. The molecule has 2 aromatic carbocycles. The van der Waals surface area contributed by atoms with E-state index < -0.39 is 11.8 Å². The zero-order valence-electron chi connectivity index (χ0n) is 10.9. The Morgan fingerprint density at radius 1 is 0.952 bits per heavy atom. The highest BCUT2D eigenvalue weighted by molar-refractivity contribution is 9.10. The third kappa shape index (κ3) is 2.40. The maximum atomic E-state index is 12.2. The van der Waals surface area contributed by atoms with Gasteiger partial charge in [0.1, 0.15) is 0 Å². The Kier molecular flexibility index (Phi) is 3.43. The zero-order chi connectivity index (χ0) is 15.0. The fourth-order valence-corrected chi connectivity index (χ4v) is 2.68. The Balaban J connectivity index is 1.85. The van der Waals surface area contributed by atoms with Gasteiger partial charge in [0, 0.05) is 10.0 Å². The average Bonchev–Trinajstić information content (AvgIpc) is 2.73. The molecular weight excluding hydrogens is 334 g/mol. The second-order valence-corrected chi connectivity index (χ2v) is 5.59. The van der Waals surface area contributed by atoms with Crippen LogP contribution in [0.25, 0.3) is 0 Å². The van der Waals surface area contributed by atoms with Crippen LogP contribution in [0.15, 0.2) is 53.0 Å². The lowest BCUT2D eigenvalue weighted by Crippen LogP contribution is -2.34. The summed E-state index contributed by atoms with van der Waals surface area (Å²) in [4.78, 5) is 37.6. The van der Waals surface area contributed by atoms with Gasteiger partial charge in [0.2, 0.25) is 0 Å². The van der Waals surface area contributed by atoms with Crippen molar-refractivity contribution in [1.82, 2.24) is 4.90 Å². The normalized spacial score (nSPS) is 13.5. The van der Waals surface area contributed by atoms with E-state index >= 15 is 0 Å². The summed E-state index contributed by atoms with van der Waals surface area (Å²) in [5.41, 5.74) is 1.16. The summed E-state index contributed by atoms with van der Waals surface area (Å²) in [5, 5.41) is 0. The summed E-state index contributed by atoms with van der Waals surface area (Å²) in [5.74, 6) is -1.11. The van der Waals surface area contributed by atoms with Crippen molar-refractivity contribution in [1.29, 1.82) is 0 Å².